The van der Waals surface area contributed by atoms with Crippen molar-refractivity contribution in [2.75, 3.05) is 6.54 Å². The maximum Gasteiger partial charge on any atom is 0.317 e. The Balaban J connectivity index is 0.000000332. The van der Waals surface area contributed by atoms with Crippen LogP contribution < -0.4 is 5.73 Å². The van der Waals surface area contributed by atoms with Gasteiger partial charge in [0.15, 0.2) is 0 Å². The van der Waals surface area contributed by atoms with Gasteiger partial charge in [0.25, 0.3) is 0 Å². The molecule has 0 amide bonds. The van der Waals surface area contributed by atoms with E-state index in [9.17, 15) is 14.4 Å². The van der Waals surface area contributed by atoms with Crippen molar-refractivity contribution in [1.82, 2.24) is 19.9 Å². The zero-order valence-electron chi connectivity index (χ0n) is 12.0. The molecule has 7 N–H and O–H groups in total. The Morgan fingerprint density at radius 3 is 1.39 bits per heavy atom. The van der Waals surface area contributed by atoms with Gasteiger partial charge in [-0.05, 0) is 0 Å². The first-order chi connectivity index (χ1) is 10.8. The SMILES string of the molecule is NCC(=O)O.O=C(O)Cc1ncc[nH]1.O=C(O)Cc1ncc[nH]1. The fourth-order valence-electron chi connectivity index (χ4n) is 1.08. The van der Waals surface area contributed by atoms with Crippen LogP contribution in [0.3, 0.4) is 0 Å². The molecule has 0 fully saturated rings. The first-order valence-electron chi connectivity index (χ1n) is 6.17. The third kappa shape index (κ3) is 12.3. The van der Waals surface area contributed by atoms with E-state index < -0.39 is 17.9 Å². The molecule has 0 atom stereocenters. The van der Waals surface area contributed by atoms with E-state index in [1.54, 1.807) is 12.4 Å². The highest BCUT2D eigenvalue weighted by Gasteiger charge is 2.00. The molecule has 2 rings (SSSR count). The normalized spacial score (nSPS) is 8.91. The van der Waals surface area contributed by atoms with Crippen LogP contribution in [0.4, 0.5) is 0 Å². The van der Waals surface area contributed by atoms with E-state index in [1.807, 2.05) is 0 Å². The van der Waals surface area contributed by atoms with E-state index in [4.69, 9.17) is 15.3 Å². The number of aromatic amines is 2. The van der Waals surface area contributed by atoms with E-state index in [-0.39, 0.29) is 19.4 Å². The van der Waals surface area contributed by atoms with Crippen molar-refractivity contribution in [3.63, 3.8) is 0 Å². The van der Waals surface area contributed by atoms with Crippen molar-refractivity contribution in [1.29, 1.82) is 0 Å². The molecule has 2 aromatic rings. The molecule has 0 bridgehead atoms. The summed E-state index contributed by atoms with van der Waals surface area (Å²) in [7, 11) is 0. The van der Waals surface area contributed by atoms with Crippen LogP contribution in [0.25, 0.3) is 0 Å². The molecule has 2 aromatic heterocycles. The largest absolute Gasteiger partial charge is 0.481 e. The topological polar surface area (TPSA) is 195 Å². The maximum atomic E-state index is 10.0. The Labute approximate surface area is 130 Å². The molecule has 0 aliphatic carbocycles. The summed E-state index contributed by atoms with van der Waals surface area (Å²) in [5.41, 5.74) is 4.57. The fourth-order valence-corrected chi connectivity index (χ4v) is 1.08. The lowest BCUT2D eigenvalue weighted by Crippen LogP contribution is -2.10. The lowest BCUT2D eigenvalue weighted by atomic mass is 10.4. The Kier molecular flexibility index (Phi) is 9.85. The minimum atomic E-state index is -0.968. The van der Waals surface area contributed by atoms with Gasteiger partial charge in [-0.25, -0.2) is 9.97 Å². The summed E-state index contributed by atoms with van der Waals surface area (Å²) >= 11 is 0. The second-order valence-corrected chi connectivity index (χ2v) is 3.81. The van der Waals surface area contributed by atoms with Gasteiger partial charge in [0.05, 0.1) is 6.54 Å². The van der Waals surface area contributed by atoms with Gasteiger partial charge < -0.3 is 31.0 Å². The van der Waals surface area contributed by atoms with Crippen molar-refractivity contribution in [3.8, 4) is 0 Å². The van der Waals surface area contributed by atoms with Gasteiger partial charge in [0.2, 0.25) is 0 Å². The van der Waals surface area contributed by atoms with Crippen molar-refractivity contribution >= 4 is 17.9 Å². The number of aliphatic carboxylic acids is 3. The predicted molar refractivity (Wildman–Crippen MR) is 76.5 cm³/mol. The van der Waals surface area contributed by atoms with E-state index in [2.05, 4.69) is 25.7 Å². The van der Waals surface area contributed by atoms with Crippen LogP contribution in [0.5, 0.6) is 0 Å². The number of hydrogen-bond donors (Lipinski definition) is 6. The van der Waals surface area contributed by atoms with Gasteiger partial charge >= 0.3 is 17.9 Å². The highest BCUT2D eigenvalue weighted by atomic mass is 16.4. The molecule has 0 aliphatic rings. The van der Waals surface area contributed by atoms with Crippen LogP contribution in [0, 0.1) is 0 Å². The number of nitrogens with one attached hydrogen (secondary N) is 2. The number of nitrogens with zero attached hydrogens (tertiary/aromatic N) is 2. The second kappa shape index (κ2) is 11.4. The monoisotopic (exact) mass is 327 g/mol. The third-order valence-corrected chi connectivity index (χ3v) is 1.92. The molecule has 0 aliphatic heterocycles. The van der Waals surface area contributed by atoms with Gasteiger partial charge in [-0.2, -0.15) is 0 Å². The Morgan fingerprint density at radius 2 is 1.22 bits per heavy atom. The average molecular weight is 327 g/mol. The quantitative estimate of drug-likeness (QED) is 0.403. The zero-order valence-corrected chi connectivity index (χ0v) is 12.0. The molecule has 0 unspecified atom stereocenters. The third-order valence-electron chi connectivity index (χ3n) is 1.92. The summed E-state index contributed by atoms with van der Waals surface area (Å²) in [4.78, 5) is 42.0. The zero-order chi connectivity index (χ0) is 17.7. The first-order valence-corrected chi connectivity index (χ1v) is 6.17. The van der Waals surface area contributed by atoms with Crippen LogP contribution in [0.2, 0.25) is 0 Å². The van der Waals surface area contributed by atoms with Crippen LogP contribution in [0.1, 0.15) is 11.6 Å². The molecular weight excluding hydrogens is 310 g/mol. The molecule has 11 nitrogen and oxygen atoms in total. The summed E-state index contributed by atoms with van der Waals surface area (Å²) in [6.45, 7) is -0.278. The van der Waals surface area contributed by atoms with Crippen LogP contribution in [-0.2, 0) is 27.2 Å². The molecule has 0 saturated heterocycles. The maximum absolute atomic E-state index is 10.0. The van der Waals surface area contributed by atoms with E-state index in [0.29, 0.717) is 11.6 Å². The number of carbonyl (C=O) groups is 3. The van der Waals surface area contributed by atoms with Crippen molar-refractivity contribution in [3.05, 3.63) is 36.4 Å². The van der Waals surface area contributed by atoms with Crippen molar-refractivity contribution in [2.24, 2.45) is 5.73 Å². The summed E-state index contributed by atoms with van der Waals surface area (Å²) in [6, 6.07) is 0. The number of carboxylic acids is 3. The van der Waals surface area contributed by atoms with E-state index in [0.717, 1.165) is 0 Å². The van der Waals surface area contributed by atoms with Crippen molar-refractivity contribution in [2.45, 2.75) is 12.8 Å². The Hall–Kier alpha value is -3.21. The standard InChI is InChI=1S/2C5H6N2O2.C2H5NO2/c2*8-5(9)3-4-6-1-2-7-4;3-1-2(4)5/h2*1-2H,3H2,(H,6,7)(H,8,9);1,3H2,(H,4,5). The smallest absolute Gasteiger partial charge is 0.317 e. The number of imidazole rings is 2. The van der Waals surface area contributed by atoms with Gasteiger partial charge in [-0.1, -0.05) is 0 Å². The molecule has 0 radical (unpaired) electrons. The van der Waals surface area contributed by atoms with E-state index in [1.165, 1.54) is 12.4 Å². The van der Waals surface area contributed by atoms with Gasteiger partial charge in [0.1, 0.15) is 24.5 Å². The van der Waals surface area contributed by atoms with Crippen LogP contribution in [0.15, 0.2) is 24.8 Å². The molecule has 126 valence electrons. The van der Waals surface area contributed by atoms with Gasteiger partial charge in [-0.15, -0.1) is 0 Å². The lowest BCUT2D eigenvalue weighted by molar-refractivity contribution is -0.137. The minimum absolute atomic E-state index is 0.0347. The highest BCUT2D eigenvalue weighted by Crippen LogP contribution is 1.88. The predicted octanol–water partition coefficient (Wildman–Crippen LogP) is -0.897. The van der Waals surface area contributed by atoms with Crippen molar-refractivity contribution < 1.29 is 29.7 Å². The minimum Gasteiger partial charge on any atom is -0.481 e. The number of nitrogens with two attached hydrogens (primary N) is 1. The number of H-pyrrole nitrogens is 2. The molecule has 0 aromatic carbocycles. The molecule has 0 spiro atoms. The Bertz CT molecular complexity index is 535. The van der Waals surface area contributed by atoms with E-state index >= 15 is 0 Å². The summed E-state index contributed by atoms with van der Waals surface area (Å²) in [5.74, 6) is -1.73. The molecule has 11 heteroatoms. The highest BCUT2D eigenvalue weighted by molar-refractivity contribution is 5.69. The lowest BCUT2D eigenvalue weighted by Gasteiger charge is -1.85. The molecule has 2 heterocycles. The number of aromatic nitrogens is 4. The first kappa shape index (κ1) is 19.8. The molecule has 0 saturated carbocycles. The van der Waals surface area contributed by atoms with Crippen LogP contribution >= 0.6 is 0 Å². The van der Waals surface area contributed by atoms with Gasteiger partial charge in [-0.3, -0.25) is 14.4 Å². The fraction of sp³-hybridized carbons (Fsp3) is 0.250. The van der Waals surface area contributed by atoms with Crippen LogP contribution in [-0.4, -0.2) is 59.7 Å². The summed E-state index contributed by atoms with van der Waals surface area (Å²) < 4.78 is 0. The molecule has 23 heavy (non-hydrogen) atoms. The molecular formula is C12H17N5O6. The average Bonchev–Trinajstić information content (AvgIpc) is 3.12. The Morgan fingerprint density at radius 1 is 0.870 bits per heavy atom. The number of hydrogen-bond acceptors (Lipinski definition) is 6. The second-order valence-electron chi connectivity index (χ2n) is 3.81. The number of carboxylic acid groups (broad SMARTS) is 3. The summed E-state index contributed by atoms with van der Waals surface area (Å²) in [5, 5.41) is 24.0. The summed E-state index contributed by atoms with van der Waals surface area (Å²) in [6.07, 6.45) is 6.17. The number of rotatable bonds is 5. The van der Waals surface area contributed by atoms with Gasteiger partial charge in [0, 0.05) is 24.8 Å².